The molecule has 0 aromatic rings. The lowest BCUT2D eigenvalue weighted by Crippen LogP contribution is -2.56. The van der Waals surface area contributed by atoms with Gasteiger partial charge >= 0.3 is 5.97 Å². The smallest absolute Gasteiger partial charge is 0.306 e. The molecule has 0 spiro atoms. The van der Waals surface area contributed by atoms with Crippen molar-refractivity contribution in [2.45, 2.75) is 69.8 Å². The molecule has 5 aliphatic rings. The molecule has 1 amide bonds. The molecule has 5 heteroatoms. The van der Waals surface area contributed by atoms with E-state index in [9.17, 15) is 14.7 Å². The van der Waals surface area contributed by atoms with Crippen molar-refractivity contribution >= 4 is 11.9 Å². The van der Waals surface area contributed by atoms with Gasteiger partial charge in [-0.05, 0) is 75.0 Å². The molecule has 0 radical (unpaired) electrons. The standard InChI is InChI=1S/C19H29NO4/c21-16(20-4-2-1-3-5-20)12-24-17(22)11-18-7-14-6-15(8-18)10-19(23,9-14)13-18/h14-15,23H,1-13H2/t14-,15-,18?,19?/m1/s1. The number of hydrogen-bond donors (Lipinski definition) is 1. The van der Waals surface area contributed by atoms with Crippen molar-refractivity contribution in [3.8, 4) is 0 Å². The number of esters is 1. The Bertz CT molecular complexity index is 511. The molecular formula is C19H29NO4. The van der Waals surface area contributed by atoms with Gasteiger partial charge in [-0.3, -0.25) is 9.59 Å². The van der Waals surface area contributed by atoms with Crippen LogP contribution in [0.5, 0.6) is 0 Å². The second-order valence-electron chi connectivity index (χ2n) is 8.96. The topological polar surface area (TPSA) is 66.8 Å². The van der Waals surface area contributed by atoms with E-state index < -0.39 is 5.60 Å². The Kier molecular flexibility index (Phi) is 4.10. The summed E-state index contributed by atoms with van der Waals surface area (Å²) in [6.45, 7) is 1.46. The number of rotatable bonds is 4. The van der Waals surface area contributed by atoms with E-state index in [2.05, 4.69) is 0 Å². The molecule has 4 aliphatic carbocycles. The predicted octanol–water partition coefficient (Wildman–Crippen LogP) is 2.26. The molecule has 0 aromatic heterocycles. The van der Waals surface area contributed by atoms with Crippen LogP contribution in [0.4, 0.5) is 0 Å². The molecular weight excluding hydrogens is 306 g/mol. The van der Waals surface area contributed by atoms with Crippen LogP contribution >= 0.6 is 0 Å². The summed E-state index contributed by atoms with van der Waals surface area (Å²) in [6.07, 6.45) is 9.50. The first-order chi connectivity index (χ1) is 11.5. The van der Waals surface area contributed by atoms with Gasteiger partial charge < -0.3 is 14.7 Å². The quantitative estimate of drug-likeness (QED) is 0.800. The molecule has 2 atom stereocenters. The highest BCUT2D eigenvalue weighted by Gasteiger charge is 2.57. The number of amides is 1. The van der Waals surface area contributed by atoms with Crippen LogP contribution in [0.25, 0.3) is 0 Å². The normalized spacial score (nSPS) is 40.6. The molecule has 4 saturated carbocycles. The van der Waals surface area contributed by atoms with E-state index in [-0.39, 0.29) is 23.9 Å². The zero-order valence-corrected chi connectivity index (χ0v) is 14.5. The van der Waals surface area contributed by atoms with Gasteiger partial charge in [0.05, 0.1) is 12.0 Å². The van der Waals surface area contributed by atoms with E-state index in [1.54, 1.807) is 0 Å². The Morgan fingerprint density at radius 1 is 1.04 bits per heavy atom. The molecule has 1 saturated heterocycles. The van der Waals surface area contributed by atoms with Crippen LogP contribution in [0.3, 0.4) is 0 Å². The van der Waals surface area contributed by atoms with Crippen molar-refractivity contribution in [1.29, 1.82) is 0 Å². The lowest BCUT2D eigenvalue weighted by molar-refractivity contribution is -0.178. The van der Waals surface area contributed by atoms with Crippen molar-refractivity contribution in [3.05, 3.63) is 0 Å². The average molecular weight is 335 g/mol. The highest BCUT2D eigenvalue weighted by atomic mass is 16.5. The number of piperidine rings is 1. The minimum absolute atomic E-state index is 0.0628. The molecule has 134 valence electrons. The summed E-state index contributed by atoms with van der Waals surface area (Å²) in [5.41, 5.74) is -0.627. The van der Waals surface area contributed by atoms with Gasteiger partial charge in [-0.2, -0.15) is 0 Å². The number of aliphatic hydroxyl groups is 1. The maximum absolute atomic E-state index is 12.3. The molecule has 0 aromatic carbocycles. The van der Waals surface area contributed by atoms with Gasteiger partial charge in [-0.25, -0.2) is 0 Å². The summed E-state index contributed by atoms with van der Waals surface area (Å²) in [5.74, 6) is 0.816. The summed E-state index contributed by atoms with van der Waals surface area (Å²) < 4.78 is 5.32. The fourth-order valence-corrected chi connectivity index (χ4v) is 6.34. The fraction of sp³-hybridized carbons (Fsp3) is 0.895. The molecule has 1 heterocycles. The van der Waals surface area contributed by atoms with Crippen LogP contribution in [0.2, 0.25) is 0 Å². The van der Waals surface area contributed by atoms with Crippen molar-refractivity contribution in [2.24, 2.45) is 17.3 Å². The third kappa shape index (κ3) is 3.19. The third-order valence-electron chi connectivity index (χ3n) is 6.74. The summed E-state index contributed by atoms with van der Waals surface area (Å²) in [4.78, 5) is 26.3. The second-order valence-corrected chi connectivity index (χ2v) is 8.96. The Balaban J connectivity index is 1.31. The molecule has 5 fully saturated rings. The third-order valence-corrected chi connectivity index (χ3v) is 6.74. The summed E-state index contributed by atoms with van der Waals surface area (Å²) in [6, 6.07) is 0. The lowest BCUT2D eigenvalue weighted by atomic mass is 9.47. The van der Waals surface area contributed by atoms with E-state index in [4.69, 9.17) is 4.74 Å². The zero-order valence-electron chi connectivity index (χ0n) is 14.5. The largest absolute Gasteiger partial charge is 0.456 e. The first kappa shape index (κ1) is 16.4. The Labute approximate surface area is 143 Å². The van der Waals surface area contributed by atoms with Gasteiger partial charge in [0.1, 0.15) is 0 Å². The van der Waals surface area contributed by atoms with Gasteiger partial charge in [0.2, 0.25) is 0 Å². The van der Waals surface area contributed by atoms with E-state index in [0.717, 1.165) is 58.0 Å². The number of carbonyl (C=O) groups is 2. The monoisotopic (exact) mass is 335 g/mol. The van der Waals surface area contributed by atoms with E-state index in [1.807, 2.05) is 4.90 Å². The molecule has 5 rings (SSSR count). The van der Waals surface area contributed by atoms with Crippen molar-refractivity contribution in [2.75, 3.05) is 19.7 Å². The van der Waals surface area contributed by atoms with Crippen molar-refractivity contribution in [1.82, 2.24) is 4.90 Å². The fourth-order valence-electron chi connectivity index (χ4n) is 6.34. The average Bonchev–Trinajstić information content (AvgIpc) is 2.50. The number of hydrogen-bond acceptors (Lipinski definition) is 4. The number of likely N-dealkylation sites (tertiary alicyclic amines) is 1. The molecule has 1 aliphatic heterocycles. The molecule has 0 unspecified atom stereocenters. The van der Waals surface area contributed by atoms with E-state index in [0.29, 0.717) is 18.3 Å². The maximum atomic E-state index is 12.3. The highest BCUT2D eigenvalue weighted by Crippen LogP contribution is 2.62. The van der Waals surface area contributed by atoms with Crippen LogP contribution in [0.1, 0.15) is 64.2 Å². The van der Waals surface area contributed by atoms with Gasteiger partial charge in [-0.1, -0.05) is 0 Å². The molecule has 1 N–H and O–H groups in total. The number of ether oxygens (including phenoxy) is 1. The Morgan fingerprint density at radius 3 is 2.33 bits per heavy atom. The Morgan fingerprint density at radius 2 is 1.71 bits per heavy atom. The second kappa shape index (κ2) is 6.01. The zero-order chi connectivity index (χ0) is 16.8. The SMILES string of the molecule is O=C(CC12C[C@H]3C[C@@H](CC(O)(C3)C1)C2)OCC(=O)N1CCCCC1. The van der Waals surface area contributed by atoms with Crippen LogP contribution in [-0.4, -0.2) is 47.2 Å². The van der Waals surface area contributed by atoms with E-state index in [1.165, 1.54) is 12.8 Å². The van der Waals surface area contributed by atoms with Crippen LogP contribution < -0.4 is 0 Å². The van der Waals surface area contributed by atoms with Gasteiger partial charge in [0, 0.05) is 13.1 Å². The minimum Gasteiger partial charge on any atom is -0.456 e. The van der Waals surface area contributed by atoms with Crippen molar-refractivity contribution < 1.29 is 19.4 Å². The van der Waals surface area contributed by atoms with Crippen molar-refractivity contribution in [3.63, 3.8) is 0 Å². The summed E-state index contributed by atoms with van der Waals surface area (Å²) in [5, 5.41) is 10.8. The number of carbonyl (C=O) groups excluding carboxylic acids is 2. The van der Waals surface area contributed by atoms with Gasteiger partial charge in [0.25, 0.3) is 5.91 Å². The van der Waals surface area contributed by atoms with Gasteiger partial charge in [0.15, 0.2) is 6.61 Å². The first-order valence-electron chi connectivity index (χ1n) is 9.61. The Hall–Kier alpha value is -1.10. The van der Waals surface area contributed by atoms with E-state index >= 15 is 0 Å². The summed E-state index contributed by atoms with van der Waals surface area (Å²) >= 11 is 0. The molecule has 4 bridgehead atoms. The molecule has 24 heavy (non-hydrogen) atoms. The number of nitrogens with zero attached hydrogens (tertiary/aromatic N) is 1. The van der Waals surface area contributed by atoms with Crippen LogP contribution in [0, 0.1) is 17.3 Å². The van der Waals surface area contributed by atoms with Crippen LogP contribution in [-0.2, 0) is 14.3 Å². The minimum atomic E-state index is -0.548. The lowest BCUT2D eigenvalue weighted by Gasteiger charge is -2.60. The van der Waals surface area contributed by atoms with Gasteiger partial charge in [-0.15, -0.1) is 0 Å². The maximum Gasteiger partial charge on any atom is 0.306 e. The predicted molar refractivity (Wildman–Crippen MR) is 88.1 cm³/mol. The highest BCUT2D eigenvalue weighted by molar-refractivity contribution is 5.80. The molecule has 5 nitrogen and oxygen atoms in total. The van der Waals surface area contributed by atoms with Crippen LogP contribution in [0.15, 0.2) is 0 Å². The summed E-state index contributed by atoms with van der Waals surface area (Å²) in [7, 11) is 0. The first-order valence-corrected chi connectivity index (χ1v) is 9.61.